The molecule has 168 valence electrons. The SMILES string of the molecule is CCNC(=NCC(C(CC)CC)N1CCOCC1)NCCCc1nc(C)no1.I. The van der Waals surface area contributed by atoms with E-state index >= 15 is 0 Å². The Hall–Kier alpha value is -0.940. The Balaban J connectivity index is 0.00000420. The Morgan fingerprint density at radius 2 is 1.90 bits per heavy atom. The molecule has 1 aliphatic heterocycles. The lowest BCUT2D eigenvalue weighted by molar-refractivity contribution is 0.00395. The maximum absolute atomic E-state index is 5.55. The smallest absolute Gasteiger partial charge is 0.226 e. The summed E-state index contributed by atoms with van der Waals surface area (Å²) in [6, 6.07) is 0.468. The maximum atomic E-state index is 5.55. The van der Waals surface area contributed by atoms with Gasteiger partial charge >= 0.3 is 0 Å². The van der Waals surface area contributed by atoms with Gasteiger partial charge in [0.15, 0.2) is 11.8 Å². The van der Waals surface area contributed by atoms with Crippen LogP contribution in [0.25, 0.3) is 0 Å². The van der Waals surface area contributed by atoms with E-state index in [1.54, 1.807) is 0 Å². The Labute approximate surface area is 192 Å². The summed E-state index contributed by atoms with van der Waals surface area (Å²) >= 11 is 0. The number of rotatable bonds is 11. The quantitative estimate of drug-likeness (QED) is 0.200. The lowest BCUT2D eigenvalue weighted by Crippen LogP contribution is -2.49. The molecular weight excluding hydrogens is 483 g/mol. The molecule has 1 aliphatic rings. The molecule has 8 nitrogen and oxygen atoms in total. The van der Waals surface area contributed by atoms with Crippen LogP contribution < -0.4 is 10.6 Å². The zero-order chi connectivity index (χ0) is 20.2. The highest BCUT2D eigenvalue weighted by atomic mass is 127. The number of aryl methyl sites for hydroxylation is 2. The van der Waals surface area contributed by atoms with E-state index < -0.39 is 0 Å². The van der Waals surface area contributed by atoms with Crippen molar-refractivity contribution in [2.45, 2.75) is 59.4 Å². The number of nitrogens with zero attached hydrogens (tertiary/aromatic N) is 4. The minimum Gasteiger partial charge on any atom is -0.379 e. The van der Waals surface area contributed by atoms with Crippen molar-refractivity contribution in [3.8, 4) is 0 Å². The van der Waals surface area contributed by atoms with Gasteiger partial charge in [0.25, 0.3) is 0 Å². The first kappa shape index (κ1) is 26.1. The first-order chi connectivity index (χ1) is 13.7. The number of hydrogen-bond donors (Lipinski definition) is 2. The second-order valence-electron chi connectivity index (χ2n) is 7.28. The van der Waals surface area contributed by atoms with Crippen molar-refractivity contribution in [1.82, 2.24) is 25.7 Å². The van der Waals surface area contributed by atoms with E-state index in [1.807, 2.05) is 6.92 Å². The van der Waals surface area contributed by atoms with E-state index in [0.29, 0.717) is 23.7 Å². The molecule has 2 rings (SSSR count). The molecule has 1 fully saturated rings. The molecule has 2 N–H and O–H groups in total. The lowest BCUT2D eigenvalue weighted by atomic mass is 9.92. The van der Waals surface area contributed by atoms with E-state index in [0.717, 1.165) is 64.7 Å². The Morgan fingerprint density at radius 1 is 1.17 bits per heavy atom. The summed E-state index contributed by atoms with van der Waals surface area (Å²) in [6.45, 7) is 14.6. The summed E-state index contributed by atoms with van der Waals surface area (Å²) in [7, 11) is 0. The van der Waals surface area contributed by atoms with Crippen LogP contribution in [0.1, 0.15) is 51.7 Å². The van der Waals surface area contributed by atoms with Gasteiger partial charge in [0.2, 0.25) is 5.89 Å². The Kier molecular flexibility index (Phi) is 13.5. The minimum atomic E-state index is 0. The van der Waals surface area contributed by atoms with Gasteiger partial charge in [-0.3, -0.25) is 9.89 Å². The summed E-state index contributed by atoms with van der Waals surface area (Å²) in [4.78, 5) is 11.7. The van der Waals surface area contributed by atoms with Gasteiger partial charge in [0.05, 0.1) is 19.8 Å². The molecule has 1 unspecified atom stereocenters. The molecule has 1 atom stereocenters. The Morgan fingerprint density at radius 3 is 2.48 bits per heavy atom. The van der Waals surface area contributed by atoms with E-state index in [-0.39, 0.29) is 24.0 Å². The molecule has 0 aromatic carbocycles. The number of morpholine rings is 1. The third kappa shape index (κ3) is 9.17. The molecule has 0 aliphatic carbocycles. The van der Waals surface area contributed by atoms with Gasteiger partial charge in [0.1, 0.15) is 0 Å². The van der Waals surface area contributed by atoms with Gasteiger partial charge in [-0.15, -0.1) is 24.0 Å². The topological polar surface area (TPSA) is 87.8 Å². The maximum Gasteiger partial charge on any atom is 0.226 e. The largest absolute Gasteiger partial charge is 0.379 e. The molecule has 2 heterocycles. The molecule has 29 heavy (non-hydrogen) atoms. The summed E-state index contributed by atoms with van der Waals surface area (Å²) in [5.74, 6) is 2.93. The van der Waals surface area contributed by atoms with Gasteiger partial charge in [-0.1, -0.05) is 31.8 Å². The lowest BCUT2D eigenvalue weighted by Gasteiger charge is -2.38. The number of ether oxygens (including phenoxy) is 1. The summed E-state index contributed by atoms with van der Waals surface area (Å²) in [5.41, 5.74) is 0. The molecule has 1 aromatic rings. The van der Waals surface area contributed by atoms with Crippen molar-refractivity contribution < 1.29 is 9.26 Å². The molecule has 1 aromatic heterocycles. The highest BCUT2D eigenvalue weighted by molar-refractivity contribution is 14.0. The zero-order valence-electron chi connectivity index (χ0n) is 18.4. The van der Waals surface area contributed by atoms with Crippen molar-refractivity contribution in [2.24, 2.45) is 10.9 Å². The fraction of sp³-hybridized carbons (Fsp3) is 0.850. The first-order valence-corrected chi connectivity index (χ1v) is 10.8. The van der Waals surface area contributed by atoms with E-state index in [2.05, 4.69) is 46.4 Å². The molecule has 9 heteroatoms. The van der Waals surface area contributed by atoms with Crippen LogP contribution in [0, 0.1) is 12.8 Å². The summed E-state index contributed by atoms with van der Waals surface area (Å²) < 4.78 is 10.7. The van der Waals surface area contributed by atoms with Crippen LogP contribution in [0.3, 0.4) is 0 Å². The van der Waals surface area contributed by atoms with Gasteiger partial charge in [-0.2, -0.15) is 4.98 Å². The van der Waals surface area contributed by atoms with Crippen molar-refractivity contribution in [1.29, 1.82) is 0 Å². The summed E-state index contributed by atoms with van der Waals surface area (Å²) in [6.07, 6.45) is 4.06. The van der Waals surface area contributed by atoms with E-state index in [9.17, 15) is 0 Å². The van der Waals surface area contributed by atoms with E-state index in [4.69, 9.17) is 14.3 Å². The standard InChI is InChI=1S/C20H38N6O2.HI/c1-5-17(6-2)18(26-11-13-27-14-12-26)15-23-20(21-7-3)22-10-8-9-19-24-16(4)25-28-19;/h17-18H,5-15H2,1-4H3,(H2,21,22,23);1H. The van der Waals surface area contributed by atoms with Gasteiger partial charge in [-0.05, 0) is 26.2 Å². The summed E-state index contributed by atoms with van der Waals surface area (Å²) in [5, 5.41) is 10.6. The monoisotopic (exact) mass is 522 g/mol. The van der Waals surface area contributed by atoms with E-state index in [1.165, 1.54) is 12.8 Å². The van der Waals surface area contributed by atoms with Crippen molar-refractivity contribution in [2.75, 3.05) is 45.9 Å². The average molecular weight is 522 g/mol. The number of aliphatic imine (C=N–C) groups is 1. The van der Waals surface area contributed by atoms with Crippen molar-refractivity contribution >= 4 is 29.9 Å². The molecule has 0 spiro atoms. The second kappa shape index (κ2) is 15.0. The molecule has 0 radical (unpaired) electrons. The molecular formula is C20H39IN6O2. The van der Waals surface area contributed by atoms with Crippen LogP contribution in [0.4, 0.5) is 0 Å². The van der Waals surface area contributed by atoms with Crippen LogP contribution in [0.2, 0.25) is 0 Å². The van der Waals surface area contributed by atoms with Crippen LogP contribution in [0.5, 0.6) is 0 Å². The fourth-order valence-corrected chi connectivity index (χ4v) is 3.72. The second-order valence-corrected chi connectivity index (χ2v) is 7.28. The van der Waals surface area contributed by atoms with Crippen molar-refractivity contribution in [3.63, 3.8) is 0 Å². The zero-order valence-corrected chi connectivity index (χ0v) is 20.8. The highest BCUT2D eigenvalue weighted by Gasteiger charge is 2.26. The number of hydrogen-bond acceptors (Lipinski definition) is 6. The van der Waals surface area contributed by atoms with Crippen LogP contribution in [-0.2, 0) is 11.2 Å². The van der Waals surface area contributed by atoms with Crippen molar-refractivity contribution in [3.05, 3.63) is 11.7 Å². The van der Waals surface area contributed by atoms with Gasteiger partial charge in [-0.25, -0.2) is 0 Å². The van der Waals surface area contributed by atoms with Crippen LogP contribution >= 0.6 is 24.0 Å². The van der Waals surface area contributed by atoms with Gasteiger partial charge in [0, 0.05) is 38.6 Å². The van der Waals surface area contributed by atoms with Crippen LogP contribution in [0.15, 0.2) is 9.52 Å². The predicted octanol–water partition coefficient (Wildman–Crippen LogP) is 2.62. The fourth-order valence-electron chi connectivity index (χ4n) is 3.72. The average Bonchev–Trinajstić information content (AvgIpc) is 3.14. The Bertz CT molecular complexity index is 573. The predicted molar refractivity (Wildman–Crippen MR) is 127 cm³/mol. The van der Waals surface area contributed by atoms with Gasteiger partial charge < -0.3 is 19.9 Å². The third-order valence-corrected chi connectivity index (χ3v) is 5.32. The number of nitrogens with one attached hydrogen (secondary N) is 2. The van der Waals surface area contributed by atoms with Crippen LogP contribution in [-0.4, -0.2) is 73.0 Å². The third-order valence-electron chi connectivity index (χ3n) is 5.32. The number of halogens is 1. The number of guanidine groups is 1. The molecule has 0 saturated carbocycles. The highest BCUT2D eigenvalue weighted by Crippen LogP contribution is 2.20. The normalized spacial score (nSPS) is 16.5. The molecule has 0 bridgehead atoms. The molecule has 0 amide bonds. The minimum absolute atomic E-state index is 0. The molecule has 1 saturated heterocycles. The number of aromatic nitrogens is 2. The first-order valence-electron chi connectivity index (χ1n) is 10.8.